The molecule has 5 nitrogen and oxygen atoms in total. The Kier molecular flexibility index (Phi) is 5.94. The lowest BCUT2D eigenvalue weighted by atomic mass is 10.0. The summed E-state index contributed by atoms with van der Waals surface area (Å²) in [6.07, 6.45) is 6.21. The van der Waals surface area contributed by atoms with Gasteiger partial charge in [0.15, 0.2) is 0 Å². The number of halogens is 1. The molecular formula is C17H21BrN4OS. The fourth-order valence-electron chi connectivity index (χ4n) is 3.01. The van der Waals surface area contributed by atoms with Crippen molar-refractivity contribution >= 4 is 39.3 Å². The maximum atomic E-state index is 12.1. The highest BCUT2D eigenvalue weighted by atomic mass is 79.9. The molecule has 0 atom stereocenters. The molecule has 0 spiro atoms. The first-order chi connectivity index (χ1) is 11.6. The molecule has 3 rings (SSSR count). The summed E-state index contributed by atoms with van der Waals surface area (Å²) in [5, 5.41) is 10.8. The van der Waals surface area contributed by atoms with Crippen LogP contribution in [0.2, 0.25) is 0 Å². The average Bonchev–Trinajstić information content (AvgIpc) is 3.20. The third-order valence-corrected chi connectivity index (χ3v) is 5.60. The molecule has 1 fully saturated rings. The number of amides is 1. The molecule has 0 unspecified atom stereocenters. The van der Waals surface area contributed by atoms with Gasteiger partial charge in [-0.05, 0) is 36.6 Å². The summed E-state index contributed by atoms with van der Waals surface area (Å²) in [5.41, 5.74) is 1.86. The highest BCUT2D eigenvalue weighted by molar-refractivity contribution is 9.10. The zero-order valence-corrected chi connectivity index (χ0v) is 16.0. The maximum absolute atomic E-state index is 12.1. The molecule has 2 N–H and O–H groups in total. The van der Waals surface area contributed by atoms with Crippen LogP contribution in [0.25, 0.3) is 0 Å². The summed E-state index contributed by atoms with van der Waals surface area (Å²) in [7, 11) is 0. The Balaban J connectivity index is 1.48. The van der Waals surface area contributed by atoms with E-state index in [9.17, 15) is 4.79 Å². The zero-order valence-electron chi connectivity index (χ0n) is 13.6. The molecule has 0 bridgehead atoms. The lowest BCUT2D eigenvalue weighted by Gasteiger charge is -2.07. The third-order valence-electron chi connectivity index (χ3n) is 4.26. The smallest absolute Gasteiger partial charge is 0.234 e. The van der Waals surface area contributed by atoms with Gasteiger partial charge in [0.2, 0.25) is 11.1 Å². The number of aryl methyl sites for hydroxylation is 1. The normalized spacial score (nSPS) is 14.9. The first-order valence-electron chi connectivity index (χ1n) is 8.20. The standard InChI is InChI=1S/C17H21BrN4OS/c1-11-8-13(18)6-7-14(11)19-16(23)10-24-17-20-15(21-22-17)9-12-4-2-3-5-12/h6-8,12H,2-5,9-10H2,1H3,(H,19,23)(H,20,21,22). The first-order valence-corrected chi connectivity index (χ1v) is 9.98. The molecule has 128 valence electrons. The van der Waals surface area contributed by atoms with Gasteiger partial charge in [0.1, 0.15) is 5.82 Å². The van der Waals surface area contributed by atoms with Crippen molar-refractivity contribution in [2.45, 2.75) is 44.2 Å². The van der Waals surface area contributed by atoms with E-state index in [0.717, 1.165) is 33.9 Å². The van der Waals surface area contributed by atoms with Gasteiger partial charge in [-0.2, -0.15) is 0 Å². The number of carbonyl (C=O) groups is 1. The van der Waals surface area contributed by atoms with Crippen LogP contribution in [-0.4, -0.2) is 26.8 Å². The summed E-state index contributed by atoms with van der Waals surface area (Å²) >= 11 is 4.78. The van der Waals surface area contributed by atoms with Crippen LogP contribution in [0.15, 0.2) is 27.8 Å². The van der Waals surface area contributed by atoms with Gasteiger partial charge in [-0.25, -0.2) is 4.98 Å². The number of carbonyl (C=O) groups excluding carboxylic acids is 1. The van der Waals surface area contributed by atoms with Crippen LogP contribution >= 0.6 is 27.7 Å². The predicted octanol–water partition coefficient (Wildman–Crippen LogP) is 4.34. The van der Waals surface area contributed by atoms with Crippen LogP contribution in [0, 0.1) is 12.8 Å². The molecule has 0 aliphatic heterocycles. The van der Waals surface area contributed by atoms with Gasteiger partial charge in [0.05, 0.1) is 5.75 Å². The summed E-state index contributed by atoms with van der Waals surface area (Å²) < 4.78 is 1.00. The molecule has 2 aromatic rings. The van der Waals surface area contributed by atoms with Gasteiger partial charge < -0.3 is 5.32 Å². The monoisotopic (exact) mass is 408 g/mol. The van der Waals surface area contributed by atoms with E-state index in [1.807, 2.05) is 25.1 Å². The predicted molar refractivity (Wildman–Crippen MR) is 100 cm³/mol. The van der Waals surface area contributed by atoms with Crippen molar-refractivity contribution in [3.8, 4) is 0 Å². The van der Waals surface area contributed by atoms with Crippen LogP contribution in [-0.2, 0) is 11.2 Å². The number of benzene rings is 1. The van der Waals surface area contributed by atoms with Crippen LogP contribution in [0.5, 0.6) is 0 Å². The lowest BCUT2D eigenvalue weighted by molar-refractivity contribution is -0.113. The van der Waals surface area contributed by atoms with E-state index in [-0.39, 0.29) is 5.91 Å². The fourth-order valence-corrected chi connectivity index (χ4v) is 4.10. The summed E-state index contributed by atoms with van der Waals surface area (Å²) in [4.78, 5) is 16.6. The average molecular weight is 409 g/mol. The summed E-state index contributed by atoms with van der Waals surface area (Å²) in [6.45, 7) is 1.97. The van der Waals surface area contributed by atoms with Crippen LogP contribution in [0.3, 0.4) is 0 Å². The van der Waals surface area contributed by atoms with E-state index >= 15 is 0 Å². The molecule has 0 radical (unpaired) electrons. The van der Waals surface area contributed by atoms with Crippen LogP contribution in [0.1, 0.15) is 37.1 Å². The Bertz CT molecular complexity index is 712. The molecular weight excluding hydrogens is 388 g/mol. The van der Waals surface area contributed by atoms with E-state index in [4.69, 9.17) is 0 Å². The Hall–Kier alpha value is -1.34. The first kappa shape index (κ1) is 17.5. The number of H-pyrrole nitrogens is 1. The third kappa shape index (κ3) is 4.83. The van der Waals surface area contributed by atoms with Crippen LogP contribution in [0.4, 0.5) is 5.69 Å². The van der Waals surface area contributed by atoms with Gasteiger partial charge in [0, 0.05) is 16.6 Å². The quantitative estimate of drug-likeness (QED) is 0.697. The van der Waals surface area contributed by atoms with E-state index in [1.165, 1.54) is 37.4 Å². The molecule has 1 aromatic carbocycles. The molecule has 0 saturated heterocycles. The summed E-state index contributed by atoms with van der Waals surface area (Å²) in [5.74, 6) is 1.93. The molecule has 7 heteroatoms. The number of nitrogens with zero attached hydrogens (tertiary/aromatic N) is 2. The van der Waals surface area contributed by atoms with Gasteiger partial charge in [-0.15, -0.1) is 5.10 Å². The van der Waals surface area contributed by atoms with Crippen molar-refractivity contribution < 1.29 is 4.79 Å². The van der Waals surface area contributed by atoms with Gasteiger partial charge in [-0.3, -0.25) is 9.89 Å². The highest BCUT2D eigenvalue weighted by Gasteiger charge is 2.17. The minimum absolute atomic E-state index is 0.0486. The number of anilines is 1. The van der Waals surface area contributed by atoms with Gasteiger partial charge >= 0.3 is 0 Å². The second kappa shape index (κ2) is 8.16. The van der Waals surface area contributed by atoms with Crippen molar-refractivity contribution in [3.05, 3.63) is 34.1 Å². The maximum Gasteiger partial charge on any atom is 0.234 e. The number of nitrogens with one attached hydrogen (secondary N) is 2. The number of aromatic nitrogens is 3. The van der Waals surface area contributed by atoms with Crippen molar-refractivity contribution in [3.63, 3.8) is 0 Å². The van der Waals surface area contributed by atoms with E-state index in [2.05, 4.69) is 36.4 Å². The summed E-state index contributed by atoms with van der Waals surface area (Å²) in [6, 6.07) is 5.79. The van der Waals surface area contributed by atoms with E-state index < -0.39 is 0 Å². The Morgan fingerprint density at radius 1 is 1.42 bits per heavy atom. The van der Waals surface area contributed by atoms with E-state index in [1.54, 1.807) is 0 Å². The molecule has 24 heavy (non-hydrogen) atoms. The zero-order chi connectivity index (χ0) is 16.9. The number of hydrogen-bond acceptors (Lipinski definition) is 4. The van der Waals surface area contributed by atoms with Crippen molar-refractivity contribution in [1.82, 2.24) is 15.2 Å². The second-order valence-electron chi connectivity index (χ2n) is 6.22. The Morgan fingerprint density at radius 2 is 2.21 bits per heavy atom. The number of rotatable bonds is 6. The minimum atomic E-state index is -0.0486. The van der Waals surface area contributed by atoms with E-state index in [0.29, 0.717) is 10.9 Å². The molecule has 1 aliphatic carbocycles. The molecule has 1 aromatic heterocycles. The van der Waals surface area contributed by atoms with Gasteiger partial charge in [-0.1, -0.05) is 53.4 Å². The number of hydrogen-bond donors (Lipinski definition) is 2. The Morgan fingerprint density at radius 3 is 2.96 bits per heavy atom. The number of thioether (sulfide) groups is 1. The molecule has 1 saturated carbocycles. The van der Waals surface area contributed by atoms with Crippen molar-refractivity contribution in [1.29, 1.82) is 0 Å². The molecule has 1 heterocycles. The molecule has 1 amide bonds. The Labute approximate surface area is 154 Å². The minimum Gasteiger partial charge on any atom is -0.325 e. The number of aromatic amines is 1. The highest BCUT2D eigenvalue weighted by Crippen LogP contribution is 2.27. The lowest BCUT2D eigenvalue weighted by Crippen LogP contribution is -2.14. The second-order valence-corrected chi connectivity index (χ2v) is 8.07. The van der Waals surface area contributed by atoms with Gasteiger partial charge in [0.25, 0.3) is 0 Å². The molecule has 1 aliphatic rings. The fraction of sp³-hybridized carbons (Fsp3) is 0.471. The van der Waals surface area contributed by atoms with Crippen LogP contribution < -0.4 is 5.32 Å². The SMILES string of the molecule is Cc1cc(Br)ccc1NC(=O)CSc1n[nH]c(CC2CCCC2)n1. The van der Waals surface area contributed by atoms with Crippen molar-refractivity contribution in [2.24, 2.45) is 5.92 Å². The topological polar surface area (TPSA) is 70.7 Å². The largest absolute Gasteiger partial charge is 0.325 e. The van der Waals surface area contributed by atoms with Crippen molar-refractivity contribution in [2.75, 3.05) is 11.1 Å².